The lowest BCUT2D eigenvalue weighted by atomic mass is 9.79. The Hall–Kier alpha value is -0.570. The van der Waals surface area contributed by atoms with Crippen LogP contribution < -0.4 is 0 Å². The summed E-state index contributed by atoms with van der Waals surface area (Å²) in [6.45, 7) is 7.64. The molecule has 98 valence electrons. The Balaban J connectivity index is 2.12. The molecule has 1 aliphatic heterocycles. The summed E-state index contributed by atoms with van der Waals surface area (Å²) in [6, 6.07) is 0.248. The van der Waals surface area contributed by atoms with Gasteiger partial charge in [-0.15, -0.1) is 0 Å². The first-order chi connectivity index (χ1) is 8.00. The van der Waals surface area contributed by atoms with Crippen molar-refractivity contribution in [1.82, 2.24) is 4.90 Å². The third-order valence-electron chi connectivity index (χ3n) is 4.83. The van der Waals surface area contributed by atoms with Crippen LogP contribution in [0.3, 0.4) is 0 Å². The van der Waals surface area contributed by atoms with E-state index in [0.717, 1.165) is 18.9 Å². The van der Waals surface area contributed by atoms with Gasteiger partial charge in [0.2, 0.25) is 0 Å². The second-order valence-electron chi connectivity index (χ2n) is 6.25. The summed E-state index contributed by atoms with van der Waals surface area (Å²) in [5.74, 6) is 1.08. The molecular weight excluding hydrogens is 214 g/mol. The van der Waals surface area contributed by atoms with Gasteiger partial charge in [-0.2, -0.15) is 0 Å². The van der Waals surface area contributed by atoms with E-state index in [2.05, 4.69) is 25.7 Å². The van der Waals surface area contributed by atoms with E-state index >= 15 is 0 Å². The largest absolute Gasteiger partial charge is 0.480 e. The molecular formula is C14H25NO2. The van der Waals surface area contributed by atoms with Crippen molar-refractivity contribution in [2.75, 3.05) is 6.54 Å². The van der Waals surface area contributed by atoms with Crippen molar-refractivity contribution in [3.63, 3.8) is 0 Å². The molecule has 2 aliphatic rings. The lowest BCUT2D eigenvalue weighted by molar-refractivity contribution is -0.145. The van der Waals surface area contributed by atoms with Gasteiger partial charge in [0, 0.05) is 6.04 Å². The van der Waals surface area contributed by atoms with E-state index in [-0.39, 0.29) is 6.04 Å². The zero-order chi connectivity index (χ0) is 12.6. The van der Waals surface area contributed by atoms with Crippen LogP contribution in [0.25, 0.3) is 0 Å². The lowest BCUT2D eigenvalue weighted by Crippen LogP contribution is -2.49. The van der Waals surface area contributed by atoms with Crippen molar-refractivity contribution >= 4 is 5.97 Å². The molecule has 5 atom stereocenters. The van der Waals surface area contributed by atoms with Gasteiger partial charge >= 0.3 is 5.97 Å². The number of carboxylic acid groups (broad SMARTS) is 1. The van der Waals surface area contributed by atoms with Gasteiger partial charge in [0.25, 0.3) is 0 Å². The van der Waals surface area contributed by atoms with E-state index in [4.69, 9.17) is 0 Å². The summed E-state index contributed by atoms with van der Waals surface area (Å²) < 4.78 is 0. The molecule has 1 aliphatic carbocycles. The zero-order valence-corrected chi connectivity index (χ0v) is 11.2. The van der Waals surface area contributed by atoms with Crippen LogP contribution in [0.2, 0.25) is 0 Å². The molecule has 1 heterocycles. The first kappa shape index (κ1) is 12.9. The van der Waals surface area contributed by atoms with E-state index < -0.39 is 5.97 Å². The molecule has 0 amide bonds. The third kappa shape index (κ3) is 2.49. The molecule has 0 bridgehead atoms. The van der Waals surface area contributed by atoms with Gasteiger partial charge < -0.3 is 5.11 Å². The number of hydrogen-bond acceptors (Lipinski definition) is 2. The third-order valence-corrected chi connectivity index (χ3v) is 4.83. The number of aliphatic carboxylic acids is 1. The molecule has 3 nitrogen and oxygen atoms in total. The topological polar surface area (TPSA) is 40.5 Å². The van der Waals surface area contributed by atoms with Crippen LogP contribution in [0.1, 0.15) is 46.5 Å². The van der Waals surface area contributed by atoms with Gasteiger partial charge in [0.1, 0.15) is 6.04 Å². The number of nitrogens with zero attached hydrogens (tertiary/aromatic N) is 1. The van der Waals surface area contributed by atoms with Crippen LogP contribution in [0.4, 0.5) is 0 Å². The Morgan fingerprint density at radius 1 is 1.12 bits per heavy atom. The number of likely N-dealkylation sites (tertiary alicyclic amines) is 1. The fourth-order valence-corrected chi connectivity index (χ4v) is 3.70. The number of carbonyl (C=O) groups is 1. The molecule has 1 saturated heterocycles. The molecule has 3 heteroatoms. The summed E-state index contributed by atoms with van der Waals surface area (Å²) in [5, 5.41) is 9.40. The van der Waals surface area contributed by atoms with Crippen LogP contribution >= 0.6 is 0 Å². The second kappa shape index (κ2) is 4.97. The predicted molar refractivity (Wildman–Crippen MR) is 67.9 cm³/mol. The smallest absolute Gasteiger partial charge is 0.321 e. The summed E-state index contributed by atoms with van der Waals surface area (Å²) >= 11 is 0. The number of hydrogen-bond donors (Lipinski definition) is 1. The van der Waals surface area contributed by atoms with Crippen LogP contribution in [-0.2, 0) is 4.79 Å². The van der Waals surface area contributed by atoms with Gasteiger partial charge in [-0.1, -0.05) is 27.2 Å². The predicted octanol–water partition coefficient (Wildman–Crippen LogP) is 2.61. The van der Waals surface area contributed by atoms with Crippen LogP contribution in [0.5, 0.6) is 0 Å². The second-order valence-corrected chi connectivity index (χ2v) is 6.25. The minimum absolute atomic E-state index is 0.243. The lowest BCUT2D eigenvalue weighted by Gasteiger charge is -2.41. The quantitative estimate of drug-likeness (QED) is 0.805. The fourth-order valence-electron chi connectivity index (χ4n) is 3.70. The van der Waals surface area contributed by atoms with E-state index in [1.54, 1.807) is 0 Å². The molecule has 1 saturated carbocycles. The summed E-state index contributed by atoms with van der Waals surface area (Å²) in [4.78, 5) is 13.7. The van der Waals surface area contributed by atoms with E-state index in [1.807, 2.05) is 0 Å². The standard InChI is InChI=1S/C14H25NO2/c1-9-4-5-10(2)12(8-9)15-7-6-11(3)13(15)14(16)17/h9-13H,4-8H2,1-3H3,(H,16,17). The maximum Gasteiger partial charge on any atom is 0.321 e. The van der Waals surface area contributed by atoms with E-state index in [1.165, 1.54) is 19.3 Å². The molecule has 0 radical (unpaired) electrons. The first-order valence-electron chi connectivity index (χ1n) is 6.99. The van der Waals surface area contributed by atoms with E-state index in [9.17, 15) is 9.90 Å². The molecule has 17 heavy (non-hydrogen) atoms. The molecule has 0 aromatic rings. The monoisotopic (exact) mass is 239 g/mol. The number of rotatable bonds is 2. The molecule has 0 aromatic heterocycles. The van der Waals surface area contributed by atoms with Gasteiger partial charge in [-0.25, -0.2) is 0 Å². The average Bonchev–Trinajstić information content (AvgIpc) is 2.64. The molecule has 0 aromatic carbocycles. The highest BCUT2D eigenvalue weighted by atomic mass is 16.4. The summed E-state index contributed by atoms with van der Waals surface area (Å²) in [5.41, 5.74) is 0. The van der Waals surface area contributed by atoms with Crippen LogP contribution in [0.15, 0.2) is 0 Å². The van der Waals surface area contributed by atoms with Crippen LogP contribution in [-0.4, -0.2) is 34.6 Å². The van der Waals surface area contributed by atoms with Gasteiger partial charge in [0.05, 0.1) is 0 Å². The summed E-state index contributed by atoms with van der Waals surface area (Å²) in [7, 11) is 0. The molecule has 1 N–H and O–H groups in total. The van der Waals surface area contributed by atoms with Crippen molar-refractivity contribution in [2.24, 2.45) is 17.8 Å². The number of carboxylic acids is 1. The maximum absolute atomic E-state index is 11.4. The fraction of sp³-hybridized carbons (Fsp3) is 0.929. The van der Waals surface area contributed by atoms with Gasteiger partial charge in [-0.3, -0.25) is 9.69 Å². The Bertz CT molecular complexity index is 292. The Labute approximate surface area is 104 Å². The van der Waals surface area contributed by atoms with Crippen molar-refractivity contribution in [3.05, 3.63) is 0 Å². The zero-order valence-electron chi connectivity index (χ0n) is 11.2. The Kier molecular flexibility index (Phi) is 3.76. The van der Waals surface area contributed by atoms with Crippen LogP contribution in [0, 0.1) is 17.8 Å². The average molecular weight is 239 g/mol. The molecule has 2 fully saturated rings. The SMILES string of the molecule is CC1CCC(C)C(N2CCC(C)C2C(=O)O)C1. The normalized spacial score (nSPS) is 43.8. The van der Waals surface area contributed by atoms with Crippen molar-refractivity contribution in [3.8, 4) is 0 Å². The molecule has 0 spiro atoms. The molecule has 2 rings (SSSR count). The molecule has 5 unspecified atom stereocenters. The highest BCUT2D eigenvalue weighted by Gasteiger charge is 2.43. The minimum atomic E-state index is -0.625. The van der Waals surface area contributed by atoms with Crippen molar-refractivity contribution in [1.29, 1.82) is 0 Å². The van der Waals surface area contributed by atoms with E-state index in [0.29, 0.717) is 17.9 Å². The van der Waals surface area contributed by atoms with Crippen molar-refractivity contribution < 1.29 is 9.90 Å². The Morgan fingerprint density at radius 2 is 1.82 bits per heavy atom. The minimum Gasteiger partial charge on any atom is -0.480 e. The van der Waals surface area contributed by atoms with Gasteiger partial charge in [0.15, 0.2) is 0 Å². The van der Waals surface area contributed by atoms with Gasteiger partial charge in [-0.05, 0) is 43.6 Å². The first-order valence-corrected chi connectivity index (χ1v) is 6.99. The highest BCUT2D eigenvalue weighted by Crippen LogP contribution is 2.37. The maximum atomic E-state index is 11.4. The van der Waals surface area contributed by atoms with Crippen molar-refractivity contribution in [2.45, 2.75) is 58.5 Å². The summed E-state index contributed by atoms with van der Waals surface area (Å²) in [6.07, 6.45) is 4.77. The Morgan fingerprint density at radius 3 is 2.47 bits per heavy atom. The highest BCUT2D eigenvalue weighted by molar-refractivity contribution is 5.74.